The van der Waals surface area contributed by atoms with E-state index in [0.29, 0.717) is 12.1 Å². The third kappa shape index (κ3) is 2.33. The maximum absolute atomic E-state index is 12.9. The van der Waals surface area contributed by atoms with Crippen molar-refractivity contribution in [1.29, 1.82) is 0 Å². The first-order chi connectivity index (χ1) is 7.19. The van der Waals surface area contributed by atoms with Gasteiger partial charge >= 0.3 is 0 Å². The molecule has 0 spiro atoms. The zero-order valence-corrected chi connectivity index (χ0v) is 8.25. The lowest BCUT2D eigenvalue weighted by Gasteiger charge is -2.12. The summed E-state index contributed by atoms with van der Waals surface area (Å²) in [5, 5.41) is 0. The van der Waals surface area contributed by atoms with Crippen molar-refractivity contribution in [3.63, 3.8) is 0 Å². The second-order valence-corrected chi connectivity index (χ2v) is 3.76. The summed E-state index contributed by atoms with van der Waals surface area (Å²) in [4.78, 5) is 0. The lowest BCUT2D eigenvalue weighted by atomic mass is 10.1. The molecule has 0 bridgehead atoms. The van der Waals surface area contributed by atoms with E-state index in [-0.39, 0.29) is 12.2 Å². The predicted octanol–water partition coefficient (Wildman–Crippen LogP) is 2.14. The summed E-state index contributed by atoms with van der Waals surface area (Å²) in [6.07, 6.45) is 1.41. The van der Waals surface area contributed by atoms with Crippen LogP contribution < -0.4 is 5.73 Å². The summed E-state index contributed by atoms with van der Waals surface area (Å²) in [6.45, 7) is 0.453. The van der Waals surface area contributed by atoms with Crippen molar-refractivity contribution in [3.8, 4) is 0 Å². The molecule has 4 heteroatoms. The van der Waals surface area contributed by atoms with Crippen LogP contribution >= 0.6 is 0 Å². The van der Waals surface area contributed by atoms with Crippen molar-refractivity contribution in [3.05, 3.63) is 35.4 Å². The van der Waals surface area contributed by atoms with Crippen LogP contribution in [-0.2, 0) is 4.74 Å². The van der Waals surface area contributed by atoms with Crippen molar-refractivity contribution < 1.29 is 13.5 Å². The van der Waals surface area contributed by atoms with E-state index in [9.17, 15) is 8.78 Å². The highest BCUT2D eigenvalue weighted by Crippen LogP contribution is 2.32. The highest BCUT2D eigenvalue weighted by atomic mass is 19.1. The van der Waals surface area contributed by atoms with E-state index in [1.165, 1.54) is 12.1 Å². The molecule has 2 rings (SSSR count). The molecule has 1 aromatic rings. The molecule has 15 heavy (non-hydrogen) atoms. The summed E-state index contributed by atoms with van der Waals surface area (Å²) in [5.74, 6) is -1.13. The largest absolute Gasteiger partial charge is 0.369 e. The number of ether oxygens (including phenoxy) is 1. The molecule has 1 fully saturated rings. The number of hydrogen-bond acceptors (Lipinski definition) is 2. The van der Waals surface area contributed by atoms with Crippen LogP contribution in [0.15, 0.2) is 18.2 Å². The molecule has 0 radical (unpaired) electrons. The van der Waals surface area contributed by atoms with Crippen LogP contribution in [0.5, 0.6) is 0 Å². The first kappa shape index (κ1) is 10.5. The van der Waals surface area contributed by atoms with Crippen LogP contribution in [0.2, 0.25) is 0 Å². The summed E-state index contributed by atoms with van der Waals surface area (Å²) in [5.41, 5.74) is 6.02. The summed E-state index contributed by atoms with van der Waals surface area (Å²) < 4.78 is 31.4. The predicted molar refractivity (Wildman–Crippen MR) is 52.3 cm³/mol. The van der Waals surface area contributed by atoms with Crippen molar-refractivity contribution in [2.75, 3.05) is 6.54 Å². The minimum atomic E-state index is -0.565. The number of benzene rings is 1. The van der Waals surface area contributed by atoms with Gasteiger partial charge in [0.1, 0.15) is 11.6 Å². The molecule has 1 aliphatic heterocycles. The fraction of sp³-hybridized carbons (Fsp3) is 0.455. The van der Waals surface area contributed by atoms with Crippen LogP contribution in [-0.4, -0.2) is 12.6 Å². The Labute approximate surface area is 87.0 Å². The monoisotopic (exact) mass is 213 g/mol. The lowest BCUT2D eigenvalue weighted by molar-refractivity contribution is 0.0495. The second kappa shape index (κ2) is 4.24. The third-order valence-corrected chi connectivity index (χ3v) is 2.63. The van der Waals surface area contributed by atoms with Crippen LogP contribution in [0, 0.1) is 11.6 Å². The topological polar surface area (TPSA) is 35.2 Å². The van der Waals surface area contributed by atoms with E-state index in [1.54, 1.807) is 0 Å². The molecule has 0 amide bonds. The van der Waals surface area contributed by atoms with E-state index < -0.39 is 11.6 Å². The molecule has 1 aromatic carbocycles. The average molecular weight is 213 g/mol. The summed E-state index contributed by atoms with van der Waals surface area (Å²) >= 11 is 0. The van der Waals surface area contributed by atoms with E-state index in [0.717, 1.165) is 18.9 Å². The zero-order valence-electron chi connectivity index (χ0n) is 8.25. The molecule has 2 atom stereocenters. The molecular weight excluding hydrogens is 200 g/mol. The Morgan fingerprint density at radius 2 is 1.87 bits per heavy atom. The van der Waals surface area contributed by atoms with Gasteiger partial charge in [0.05, 0.1) is 12.2 Å². The van der Waals surface area contributed by atoms with Gasteiger partial charge in [0, 0.05) is 12.6 Å². The first-order valence-corrected chi connectivity index (χ1v) is 5.00. The Morgan fingerprint density at radius 1 is 1.20 bits per heavy atom. The second-order valence-electron chi connectivity index (χ2n) is 3.76. The van der Waals surface area contributed by atoms with Gasteiger partial charge in [-0.25, -0.2) is 8.78 Å². The Bertz CT molecular complexity index is 336. The molecule has 2 N–H and O–H groups in total. The average Bonchev–Trinajstić information content (AvgIpc) is 2.64. The van der Waals surface area contributed by atoms with Crippen molar-refractivity contribution in [2.24, 2.45) is 5.73 Å². The van der Waals surface area contributed by atoms with Crippen molar-refractivity contribution >= 4 is 0 Å². The molecule has 1 saturated heterocycles. The minimum Gasteiger partial charge on any atom is -0.369 e. The van der Waals surface area contributed by atoms with Gasteiger partial charge in [0.2, 0.25) is 0 Å². The number of hydrogen-bond donors (Lipinski definition) is 1. The van der Waals surface area contributed by atoms with Crippen LogP contribution in [0.3, 0.4) is 0 Å². The van der Waals surface area contributed by atoms with Gasteiger partial charge in [-0.15, -0.1) is 0 Å². The first-order valence-electron chi connectivity index (χ1n) is 5.00. The standard InChI is InChI=1S/C11H13F2NO/c12-8-3-7(4-9(13)5-8)11-2-1-10(6-14)15-11/h3-5,10-11H,1-2,6,14H2/t10-,11-/m1/s1. The maximum atomic E-state index is 12.9. The normalized spacial score (nSPS) is 25.8. The Kier molecular flexibility index (Phi) is 2.98. The highest BCUT2D eigenvalue weighted by molar-refractivity contribution is 5.21. The minimum absolute atomic E-state index is 0.0151. The Hall–Kier alpha value is -1.00. The van der Waals surface area contributed by atoms with Crippen LogP contribution in [0.25, 0.3) is 0 Å². The van der Waals surface area contributed by atoms with Crippen molar-refractivity contribution in [2.45, 2.75) is 25.0 Å². The molecule has 82 valence electrons. The molecule has 0 aliphatic carbocycles. The van der Waals surface area contributed by atoms with Crippen LogP contribution in [0.1, 0.15) is 24.5 Å². The lowest BCUT2D eigenvalue weighted by Crippen LogP contribution is -2.18. The van der Waals surface area contributed by atoms with E-state index in [2.05, 4.69) is 0 Å². The number of rotatable bonds is 2. The summed E-state index contributed by atoms with van der Waals surface area (Å²) in [6, 6.07) is 3.48. The Balaban J connectivity index is 2.16. The van der Waals surface area contributed by atoms with Crippen molar-refractivity contribution in [1.82, 2.24) is 0 Å². The SMILES string of the molecule is NC[C@H]1CC[C@H](c2cc(F)cc(F)c2)O1. The van der Waals surface area contributed by atoms with Gasteiger partial charge in [-0.1, -0.05) is 0 Å². The van der Waals surface area contributed by atoms with Gasteiger partial charge in [0.15, 0.2) is 0 Å². The Morgan fingerprint density at radius 3 is 2.40 bits per heavy atom. The quantitative estimate of drug-likeness (QED) is 0.816. The number of halogens is 2. The molecule has 0 saturated carbocycles. The van der Waals surface area contributed by atoms with E-state index in [1.807, 2.05) is 0 Å². The van der Waals surface area contributed by atoms with Crippen LogP contribution in [0.4, 0.5) is 8.78 Å². The van der Waals surface area contributed by atoms with Gasteiger partial charge in [-0.2, -0.15) is 0 Å². The van der Waals surface area contributed by atoms with E-state index in [4.69, 9.17) is 10.5 Å². The summed E-state index contributed by atoms with van der Waals surface area (Å²) in [7, 11) is 0. The molecule has 0 aromatic heterocycles. The molecule has 1 heterocycles. The van der Waals surface area contributed by atoms with Gasteiger partial charge < -0.3 is 10.5 Å². The third-order valence-electron chi connectivity index (χ3n) is 2.63. The molecule has 0 unspecified atom stereocenters. The van der Waals surface area contributed by atoms with Gasteiger partial charge in [-0.3, -0.25) is 0 Å². The fourth-order valence-corrected chi connectivity index (χ4v) is 1.89. The van der Waals surface area contributed by atoms with E-state index >= 15 is 0 Å². The zero-order chi connectivity index (χ0) is 10.8. The smallest absolute Gasteiger partial charge is 0.126 e. The highest BCUT2D eigenvalue weighted by Gasteiger charge is 2.25. The maximum Gasteiger partial charge on any atom is 0.126 e. The fourth-order valence-electron chi connectivity index (χ4n) is 1.89. The molecule has 2 nitrogen and oxygen atoms in total. The van der Waals surface area contributed by atoms with Gasteiger partial charge in [0.25, 0.3) is 0 Å². The molecular formula is C11H13F2NO. The molecule has 1 aliphatic rings. The van der Waals surface area contributed by atoms with Gasteiger partial charge in [-0.05, 0) is 30.5 Å². The number of nitrogens with two attached hydrogens (primary N) is 1.